The second-order valence-corrected chi connectivity index (χ2v) is 7.29. The minimum absolute atomic E-state index is 0.00224. The van der Waals surface area contributed by atoms with Gasteiger partial charge in [-0.3, -0.25) is 14.5 Å². The highest BCUT2D eigenvalue weighted by Crippen LogP contribution is 2.25. The Balaban J connectivity index is 1.52. The van der Waals surface area contributed by atoms with Crippen molar-refractivity contribution >= 4 is 22.6 Å². The van der Waals surface area contributed by atoms with E-state index < -0.39 is 5.97 Å². The topological polar surface area (TPSA) is 70.1 Å². The Labute approximate surface area is 165 Å². The van der Waals surface area contributed by atoms with Crippen molar-refractivity contribution in [1.29, 1.82) is 0 Å². The molecule has 3 rings (SSSR count). The van der Waals surface area contributed by atoms with Gasteiger partial charge < -0.3 is 14.7 Å². The van der Waals surface area contributed by atoms with Crippen molar-refractivity contribution < 1.29 is 19.4 Å². The highest BCUT2D eigenvalue weighted by atomic mass is 16.5. The zero-order valence-electron chi connectivity index (χ0n) is 16.3. The van der Waals surface area contributed by atoms with E-state index in [-0.39, 0.29) is 18.5 Å². The van der Waals surface area contributed by atoms with Gasteiger partial charge >= 0.3 is 5.97 Å². The van der Waals surface area contributed by atoms with Crippen LogP contribution in [0.2, 0.25) is 0 Å². The summed E-state index contributed by atoms with van der Waals surface area (Å²) in [5, 5.41) is 11.3. The van der Waals surface area contributed by atoms with E-state index in [2.05, 4.69) is 23.1 Å². The van der Waals surface area contributed by atoms with Gasteiger partial charge in [0.05, 0.1) is 0 Å². The Morgan fingerprint density at radius 3 is 2.71 bits per heavy atom. The maximum atomic E-state index is 11.8. The molecule has 1 aliphatic rings. The van der Waals surface area contributed by atoms with E-state index in [1.807, 2.05) is 24.3 Å². The summed E-state index contributed by atoms with van der Waals surface area (Å²) >= 11 is 0. The maximum absolute atomic E-state index is 11.8. The van der Waals surface area contributed by atoms with Crippen molar-refractivity contribution in [2.24, 2.45) is 0 Å². The van der Waals surface area contributed by atoms with Gasteiger partial charge in [0.25, 0.3) is 0 Å². The van der Waals surface area contributed by atoms with E-state index in [0.717, 1.165) is 50.0 Å². The van der Waals surface area contributed by atoms with Crippen LogP contribution in [0.15, 0.2) is 42.5 Å². The van der Waals surface area contributed by atoms with Crippen molar-refractivity contribution in [2.45, 2.75) is 32.2 Å². The van der Waals surface area contributed by atoms with Gasteiger partial charge in [-0.2, -0.15) is 0 Å². The van der Waals surface area contributed by atoms with Crippen LogP contribution in [0.5, 0.6) is 5.75 Å². The molecule has 6 nitrogen and oxygen atoms in total. The predicted octanol–water partition coefficient (Wildman–Crippen LogP) is 3.01. The lowest BCUT2D eigenvalue weighted by molar-refractivity contribution is -0.145. The van der Waals surface area contributed by atoms with Crippen LogP contribution < -0.4 is 4.74 Å². The van der Waals surface area contributed by atoms with Crippen LogP contribution in [0.4, 0.5) is 0 Å². The van der Waals surface area contributed by atoms with Crippen molar-refractivity contribution in [1.82, 2.24) is 9.80 Å². The first-order chi connectivity index (χ1) is 13.5. The quantitative estimate of drug-likeness (QED) is 0.795. The van der Waals surface area contributed by atoms with Gasteiger partial charge in [0.15, 0.2) is 0 Å². The molecule has 1 aliphatic heterocycles. The molecule has 0 saturated carbocycles. The first-order valence-corrected chi connectivity index (χ1v) is 9.86. The number of rotatable bonds is 7. The van der Waals surface area contributed by atoms with Crippen LogP contribution in [-0.2, 0) is 9.59 Å². The molecule has 0 spiro atoms. The van der Waals surface area contributed by atoms with E-state index >= 15 is 0 Å². The van der Waals surface area contributed by atoms with Gasteiger partial charge in [-0.25, -0.2) is 0 Å². The zero-order valence-corrected chi connectivity index (χ0v) is 16.3. The number of carbonyl (C=O) groups is 2. The van der Waals surface area contributed by atoms with Gasteiger partial charge in [-0.05, 0) is 37.3 Å². The molecule has 1 saturated heterocycles. The van der Waals surface area contributed by atoms with Crippen molar-refractivity contribution in [3.05, 3.63) is 42.5 Å². The van der Waals surface area contributed by atoms with Crippen LogP contribution in [0.25, 0.3) is 10.8 Å². The Bertz CT molecular complexity index is 818. The van der Waals surface area contributed by atoms with Crippen LogP contribution in [0.1, 0.15) is 26.2 Å². The number of amides is 1. The number of aliphatic carboxylic acids is 1. The number of hydrogen-bond donors (Lipinski definition) is 1. The molecule has 28 heavy (non-hydrogen) atoms. The first kappa shape index (κ1) is 20.1. The summed E-state index contributed by atoms with van der Waals surface area (Å²) in [5.41, 5.74) is 0. The van der Waals surface area contributed by atoms with Gasteiger partial charge in [0.1, 0.15) is 18.9 Å². The highest BCUT2D eigenvalue weighted by molar-refractivity contribution is 5.88. The number of fused-ring (bicyclic) bond motifs is 1. The summed E-state index contributed by atoms with van der Waals surface area (Å²) in [6.45, 7) is 4.42. The standard InChI is InChI=1S/C22H28N2O4/c1-17(25)24(16-22(26)27)19-8-5-12-23(13-11-19)14-15-28-21-10-4-7-18-6-2-3-9-20(18)21/h2-4,6-7,9-10,19H,5,8,11-16H2,1H3,(H,26,27). The van der Waals surface area contributed by atoms with Gasteiger partial charge in [0, 0.05) is 31.4 Å². The Morgan fingerprint density at radius 1 is 1.14 bits per heavy atom. The number of nitrogens with zero attached hydrogens (tertiary/aromatic N) is 2. The number of benzene rings is 2. The third-order valence-corrected chi connectivity index (χ3v) is 5.36. The number of ether oxygens (including phenoxy) is 1. The predicted molar refractivity (Wildman–Crippen MR) is 109 cm³/mol. The van der Waals surface area contributed by atoms with Crippen molar-refractivity contribution in [3.63, 3.8) is 0 Å². The summed E-state index contributed by atoms with van der Waals surface area (Å²) in [5.74, 6) is -0.227. The molecule has 150 valence electrons. The molecular weight excluding hydrogens is 356 g/mol. The lowest BCUT2D eigenvalue weighted by Crippen LogP contribution is -2.42. The van der Waals surface area contributed by atoms with Crippen molar-refractivity contribution in [2.75, 3.05) is 32.8 Å². The molecule has 1 atom stereocenters. The summed E-state index contributed by atoms with van der Waals surface area (Å²) in [4.78, 5) is 26.7. The third kappa shape index (κ3) is 5.23. The van der Waals surface area contributed by atoms with E-state index in [1.54, 1.807) is 0 Å². The van der Waals surface area contributed by atoms with Crippen LogP contribution in [0, 0.1) is 0 Å². The number of likely N-dealkylation sites (tertiary alicyclic amines) is 1. The van der Waals surface area contributed by atoms with Crippen LogP contribution in [-0.4, -0.2) is 65.6 Å². The lowest BCUT2D eigenvalue weighted by atomic mass is 10.1. The third-order valence-electron chi connectivity index (χ3n) is 5.36. The Morgan fingerprint density at radius 2 is 1.93 bits per heavy atom. The molecule has 0 radical (unpaired) electrons. The fourth-order valence-electron chi connectivity index (χ4n) is 3.92. The van der Waals surface area contributed by atoms with E-state index in [4.69, 9.17) is 9.84 Å². The molecule has 2 aromatic carbocycles. The van der Waals surface area contributed by atoms with Crippen LogP contribution in [0.3, 0.4) is 0 Å². The first-order valence-electron chi connectivity index (χ1n) is 9.86. The normalized spacial score (nSPS) is 17.8. The average molecular weight is 384 g/mol. The molecule has 1 N–H and O–H groups in total. The SMILES string of the molecule is CC(=O)N(CC(=O)O)C1CCCN(CCOc2cccc3ccccc23)CC1. The Kier molecular flexibility index (Phi) is 6.87. The minimum Gasteiger partial charge on any atom is -0.492 e. The number of hydrogen-bond acceptors (Lipinski definition) is 4. The second kappa shape index (κ2) is 9.55. The molecule has 2 aromatic rings. The summed E-state index contributed by atoms with van der Waals surface area (Å²) < 4.78 is 6.04. The summed E-state index contributed by atoms with van der Waals surface area (Å²) in [6, 6.07) is 14.3. The molecule has 0 aromatic heterocycles. The Hall–Kier alpha value is -2.60. The van der Waals surface area contributed by atoms with E-state index in [9.17, 15) is 9.59 Å². The zero-order chi connectivity index (χ0) is 19.9. The second-order valence-electron chi connectivity index (χ2n) is 7.29. The molecule has 1 amide bonds. The van der Waals surface area contributed by atoms with Crippen molar-refractivity contribution in [3.8, 4) is 5.75 Å². The fourth-order valence-corrected chi connectivity index (χ4v) is 3.92. The van der Waals surface area contributed by atoms with E-state index in [1.165, 1.54) is 17.2 Å². The number of carboxylic acid groups (broad SMARTS) is 1. The smallest absolute Gasteiger partial charge is 0.323 e. The minimum atomic E-state index is -0.959. The molecule has 1 heterocycles. The maximum Gasteiger partial charge on any atom is 0.323 e. The van der Waals surface area contributed by atoms with Gasteiger partial charge in [-0.15, -0.1) is 0 Å². The molecular formula is C22H28N2O4. The molecule has 6 heteroatoms. The van der Waals surface area contributed by atoms with Crippen LogP contribution >= 0.6 is 0 Å². The average Bonchev–Trinajstić information content (AvgIpc) is 2.91. The number of carboxylic acids is 1. The largest absolute Gasteiger partial charge is 0.492 e. The molecule has 1 fully saturated rings. The van der Waals surface area contributed by atoms with Gasteiger partial charge in [-0.1, -0.05) is 36.4 Å². The fraction of sp³-hybridized carbons (Fsp3) is 0.455. The van der Waals surface area contributed by atoms with Gasteiger partial charge in [0.2, 0.25) is 5.91 Å². The van der Waals surface area contributed by atoms with E-state index in [0.29, 0.717) is 6.61 Å². The highest BCUT2D eigenvalue weighted by Gasteiger charge is 2.26. The molecule has 1 unspecified atom stereocenters. The lowest BCUT2D eigenvalue weighted by Gasteiger charge is -2.29. The summed E-state index contributed by atoms with van der Waals surface area (Å²) in [6.07, 6.45) is 2.58. The monoisotopic (exact) mass is 384 g/mol. The summed E-state index contributed by atoms with van der Waals surface area (Å²) in [7, 11) is 0. The number of carbonyl (C=O) groups excluding carboxylic acids is 1. The molecule has 0 bridgehead atoms. The molecule has 0 aliphatic carbocycles.